The molecule has 2 aromatic rings. The van der Waals surface area contributed by atoms with Crippen LogP contribution in [0.25, 0.3) is 0 Å². The molecule has 21 heavy (non-hydrogen) atoms. The molecule has 0 saturated heterocycles. The number of nitro groups is 1. The van der Waals surface area contributed by atoms with E-state index in [2.05, 4.69) is 5.32 Å². The molecular weight excluding hydrogens is 318 g/mol. The molecule has 0 fully saturated rings. The normalized spacial score (nSPS) is 10.5. The van der Waals surface area contributed by atoms with Crippen LogP contribution in [0.1, 0.15) is 11.1 Å². The Morgan fingerprint density at radius 2 is 1.86 bits per heavy atom. The molecule has 0 bridgehead atoms. The van der Waals surface area contributed by atoms with Crippen molar-refractivity contribution >= 4 is 34.6 Å². The highest BCUT2D eigenvalue weighted by atomic mass is 35.5. The summed E-state index contributed by atoms with van der Waals surface area (Å²) in [5.41, 5.74) is 1.92. The summed E-state index contributed by atoms with van der Waals surface area (Å²) in [7, 11) is 0. The molecule has 2 aromatic carbocycles. The van der Waals surface area contributed by atoms with Gasteiger partial charge in [0.25, 0.3) is 5.69 Å². The van der Waals surface area contributed by atoms with E-state index in [0.29, 0.717) is 17.8 Å². The molecule has 0 amide bonds. The number of hydrogen-bond acceptors (Lipinski definition) is 3. The largest absolute Gasteiger partial charge is 0.381 e. The Kier molecular flexibility index (Phi) is 4.65. The average Bonchev–Trinajstić information content (AvgIpc) is 2.43. The van der Waals surface area contributed by atoms with Crippen molar-refractivity contribution in [2.75, 3.05) is 5.32 Å². The lowest BCUT2D eigenvalue weighted by Gasteiger charge is -2.09. The van der Waals surface area contributed by atoms with Gasteiger partial charge in [0.2, 0.25) is 0 Å². The maximum absolute atomic E-state index is 13.3. The van der Waals surface area contributed by atoms with Crippen LogP contribution in [0.3, 0.4) is 0 Å². The van der Waals surface area contributed by atoms with Crippen LogP contribution in [-0.2, 0) is 6.54 Å². The van der Waals surface area contributed by atoms with Crippen molar-refractivity contribution in [1.82, 2.24) is 0 Å². The highest BCUT2D eigenvalue weighted by Gasteiger charge is 2.11. The number of aryl methyl sites for hydroxylation is 1. The van der Waals surface area contributed by atoms with Crippen LogP contribution in [0.5, 0.6) is 0 Å². The lowest BCUT2D eigenvalue weighted by atomic mass is 10.1. The summed E-state index contributed by atoms with van der Waals surface area (Å²) in [5.74, 6) is -0.671. The smallest absolute Gasteiger partial charge is 0.272 e. The van der Waals surface area contributed by atoms with Gasteiger partial charge in [-0.25, -0.2) is 4.39 Å². The first-order valence-electron chi connectivity index (χ1n) is 6.01. The van der Waals surface area contributed by atoms with E-state index in [1.54, 1.807) is 19.1 Å². The minimum atomic E-state index is -0.671. The zero-order valence-electron chi connectivity index (χ0n) is 11.0. The van der Waals surface area contributed by atoms with Gasteiger partial charge in [-0.2, -0.15) is 0 Å². The van der Waals surface area contributed by atoms with E-state index >= 15 is 0 Å². The molecule has 4 nitrogen and oxygen atoms in total. The zero-order valence-corrected chi connectivity index (χ0v) is 12.5. The van der Waals surface area contributed by atoms with Crippen LogP contribution < -0.4 is 5.32 Å². The molecule has 2 rings (SSSR count). The summed E-state index contributed by atoms with van der Waals surface area (Å²) >= 11 is 11.4. The maximum atomic E-state index is 13.3. The second-order valence-corrected chi connectivity index (χ2v) is 5.30. The van der Waals surface area contributed by atoms with Gasteiger partial charge in [0.05, 0.1) is 15.0 Å². The van der Waals surface area contributed by atoms with Crippen LogP contribution >= 0.6 is 23.2 Å². The number of hydrogen-bond donors (Lipinski definition) is 1. The van der Waals surface area contributed by atoms with Crippen molar-refractivity contribution in [3.63, 3.8) is 0 Å². The van der Waals surface area contributed by atoms with Gasteiger partial charge in [0, 0.05) is 23.9 Å². The molecule has 0 aliphatic rings. The quantitative estimate of drug-likeness (QED) is 0.490. The Bertz CT molecular complexity index is 684. The van der Waals surface area contributed by atoms with Crippen molar-refractivity contribution in [2.45, 2.75) is 13.5 Å². The van der Waals surface area contributed by atoms with Gasteiger partial charge in [-0.15, -0.1) is 0 Å². The number of rotatable bonds is 4. The van der Waals surface area contributed by atoms with Crippen molar-refractivity contribution in [2.24, 2.45) is 0 Å². The standard InChI is InChI=1S/C14H11Cl2FN2O2/c1-8-2-3-9(4-13(8)19(20)21)7-18-10-5-11(15)14(17)12(16)6-10/h2-6,18H,7H2,1H3. The highest BCUT2D eigenvalue weighted by Crippen LogP contribution is 2.28. The molecule has 0 aromatic heterocycles. The Morgan fingerprint density at radius 3 is 2.43 bits per heavy atom. The van der Waals surface area contributed by atoms with Gasteiger partial charge in [0.15, 0.2) is 5.82 Å². The molecule has 110 valence electrons. The van der Waals surface area contributed by atoms with E-state index in [1.165, 1.54) is 18.2 Å². The molecule has 0 heterocycles. The molecule has 0 saturated carbocycles. The Balaban J connectivity index is 2.17. The van der Waals surface area contributed by atoms with Gasteiger partial charge < -0.3 is 5.32 Å². The summed E-state index contributed by atoms with van der Waals surface area (Å²) in [6.45, 7) is 2.01. The first kappa shape index (κ1) is 15.5. The van der Waals surface area contributed by atoms with Crippen molar-refractivity contribution in [3.05, 3.63) is 67.4 Å². The predicted octanol–water partition coefficient (Wildman–Crippen LogP) is 4.96. The lowest BCUT2D eigenvalue weighted by Crippen LogP contribution is -2.01. The molecule has 0 aliphatic carbocycles. The first-order valence-corrected chi connectivity index (χ1v) is 6.76. The summed E-state index contributed by atoms with van der Waals surface area (Å²) in [6.07, 6.45) is 0. The van der Waals surface area contributed by atoms with Crippen LogP contribution in [0.4, 0.5) is 15.8 Å². The summed E-state index contributed by atoms with van der Waals surface area (Å²) in [5, 5.41) is 13.7. The topological polar surface area (TPSA) is 55.2 Å². The Morgan fingerprint density at radius 1 is 1.24 bits per heavy atom. The fourth-order valence-electron chi connectivity index (χ4n) is 1.82. The van der Waals surface area contributed by atoms with Gasteiger partial charge in [-0.1, -0.05) is 35.3 Å². The van der Waals surface area contributed by atoms with Crippen LogP contribution in [0.2, 0.25) is 10.0 Å². The predicted molar refractivity (Wildman–Crippen MR) is 81.6 cm³/mol. The minimum Gasteiger partial charge on any atom is -0.381 e. The fourth-order valence-corrected chi connectivity index (χ4v) is 2.31. The monoisotopic (exact) mass is 328 g/mol. The van der Waals surface area contributed by atoms with E-state index in [9.17, 15) is 14.5 Å². The number of anilines is 1. The number of benzene rings is 2. The molecular formula is C14H11Cl2FN2O2. The summed E-state index contributed by atoms with van der Waals surface area (Å²) in [4.78, 5) is 10.5. The Labute approximate surface area is 130 Å². The molecule has 0 spiro atoms. The number of nitrogens with zero attached hydrogens (tertiary/aromatic N) is 1. The number of halogens is 3. The highest BCUT2D eigenvalue weighted by molar-refractivity contribution is 6.35. The third-order valence-electron chi connectivity index (χ3n) is 2.95. The number of nitrogens with one attached hydrogen (secondary N) is 1. The van der Waals surface area contributed by atoms with E-state index < -0.39 is 10.7 Å². The Hall–Kier alpha value is -1.85. The molecule has 0 aliphatic heterocycles. The van der Waals surface area contributed by atoms with E-state index in [4.69, 9.17) is 23.2 Å². The van der Waals surface area contributed by atoms with Crippen LogP contribution in [-0.4, -0.2) is 4.92 Å². The lowest BCUT2D eigenvalue weighted by molar-refractivity contribution is -0.385. The van der Waals surface area contributed by atoms with Crippen LogP contribution in [0.15, 0.2) is 30.3 Å². The van der Waals surface area contributed by atoms with Gasteiger partial charge in [0.1, 0.15) is 0 Å². The van der Waals surface area contributed by atoms with Crippen molar-refractivity contribution < 1.29 is 9.31 Å². The average molecular weight is 329 g/mol. The van der Waals surface area contributed by atoms with Crippen LogP contribution in [0, 0.1) is 22.9 Å². The molecule has 0 atom stereocenters. The van der Waals surface area contributed by atoms with Crippen molar-refractivity contribution in [1.29, 1.82) is 0 Å². The maximum Gasteiger partial charge on any atom is 0.272 e. The number of nitro benzene ring substituents is 1. The van der Waals surface area contributed by atoms with E-state index in [0.717, 1.165) is 5.56 Å². The second-order valence-electron chi connectivity index (χ2n) is 4.49. The van der Waals surface area contributed by atoms with Gasteiger partial charge in [-0.05, 0) is 24.6 Å². The third-order valence-corrected chi connectivity index (χ3v) is 3.50. The van der Waals surface area contributed by atoms with E-state index in [-0.39, 0.29) is 15.7 Å². The summed E-state index contributed by atoms with van der Waals surface area (Å²) in [6, 6.07) is 7.77. The molecule has 0 radical (unpaired) electrons. The SMILES string of the molecule is Cc1ccc(CNc2cc(Cl)c(F)c(Cl)c2)cc1[N+](=O)[O-]. The fraction of sp³-hybridized carbons (Fsp3) is 0.143. The minimum absolute atomic E-state index is 0.0597. The first-order chi connectivity index (χ1) is 9.88. The van der Waals surface area contributed by atoms with Gasteiger partial charge in [-0.3, -0.25) is 10.1 Å². The molecule has 7 heteroatoms. The molecule has 0 unspecified atom stereocenters. The van der Waals surface area contributed by atoms with Crippen molar-refractivity contribution in [3.8, 4) is 0 Å². The summed E-state index contributed by atoms with van der Waals surface area (Å²) < 4.78 is 13.3. The third kappa shape index (κ3) is 3.62. The second kappa shape index (κ2) is 6.28. The molecule has 1 N–H and O–H groups in total. The van der Waals surface area contributed by atoms with Gasteiger partial charge >= 0.3 is 0 Å². The zero-order chi connectivity index (χ0) is 15.6. The van der Waals surface area contributed by atoms with E-state index in [1.807, 2.05) is 0 Å².